The monoisotopic (exact) mass is 232 g/mol. The molecule has 4 heteroatoms. The summed E-state index contributed by atoms with van der Waals surface area (Å²) in [5, 5.41) is 9.14. The molecule has 1 heterocycles. The van der Waals surface area contributed by atoms with Crippen LogP contribution in [0.25, 0.3) is 0 Å². The van der Waals surface area contributed by atoms with Gasteiger partial charge >= 0.3 is 5.97 Å². The van der Waals surface area contributed by atoms with Gasteiger partial charge in [0.2, 0.25) is 0 Å². The molecule has 1 rings (SSSR count). The van der Waals surface area contributed by atoms with Crippen molar-refractivity contribution in [3.63, 3.8) is 0 Å². The fourth-order valence-corrected chi connectivity index (χ4v) is 1.57. The summed E-state index contributed by atoms with van der Waals surface area (Å²) in [6.07, 6.45) is 3.72. The van der Waals surface area contributed by atoms with E-state index in [0.29, 0.717) is 6.42 Å². The average molecular weight is 232 g/mol. The second kappa shape index (κ2) is 5.44. The molecular formula is C13H16N2O2. The second-order valence-corrected chi connectivity index (χ2v) is 4.21. The molecule has 0 saturated carbocycles. The minimum Gasteiger partial charge on any atom is -0.465 e. The van der Waals surface area contributed by atoms with E-state index in [0.717, 1.165) is 11.1 Å². The Balaban J connectivity index is 2.90. The number of hydrogen-bond donors (Lipinski definition) is 0. The van der Waals surface area contributed by atoms with E-state index in [9.17, 15) is 4.79 Å². The fraction of sp³-hybridized carbons (Fsp3) is 0.462. The first-order chi connectivity index (χ1) is 8.01. The first kappa shape index (κ1) is 13.2. The van der Waals surface area contributed by atoms with Gasteiger partial charge in [-0.2, -0.15) is 5.26 Å². The highest BCUT2D eigenvalue weighted by Crippen LogP contribution is 2.23. The maximum atomic E-state index is 11.7. The van der Waals surface area contributed by atoms with Crippen molar-refractivity contribution >= 4 is 5.97 Å². The van der Waals surface area contributed by atoms with Gasteiger partial charge in [-0.05, 0) is 31.9 Å². The molecule has 0 spiro atoms. The highest BCUT2D eigenvalue weighted by atomic mass is 16.5. The van der Waals surface area contributed by atoms with Gasteiger partial charge in [0.1, 0.15) is 0 Å². The van der Waals surface area contributed by atoms with Crippen LogP contribution in [-0.2, 0) is 16.0 Å². The Morgan fingerprint density at radius 1 is 1.59 bits per heavy atom. The maximum Gasteiger partial charge on any atom is 0.326 e. The molecule has 90 valence electrons. The standard InChI is InChI=1S/C13H16N2O2/c1-4-17-12(16)13(3,9-14)6-11-5-10(2)7-15-8-11/h5,7-8H,4,6H2,1-3H3. The normalized spacial score (nSPS) is 13.5. The van der Waals surface area contributed by atoms with Crippen LogP contribution in [0.15, 0.2) is 18.5 Å². The Kier molecular flexibility index (Phi) is 4.22. The molecule has 0 radical (unpaired) electrons. The molecule has 0 aliphatic rings. The summed E-state index contributed by atoms with van der Waals surface area (Å²) in [5.41, 5.74) is 0.722. The van der Waals surface area contributed by atoms with Crippen LogP contribution < -0.4 is 0 Å². The average Bonchev–Trinajstić information content (AvgIpc) is 2.29. The van der Waals surface area contributed by atoms with Gasteiger partial charge in [-0.15, -0.1) is 0 Å². The van der Waals surface area contributed by atoms with E-state index < -0.39 is 11.4 Å². The smallest absolute Gasteiger partial charge is 0.326 e. The number of rotatable bonds is 4. The Labute approximate surface area is 101 Å². The Morgan fingerprint density at radius 2 is 2.29 bits per heavy atom. The number of hydrogen-bond acceptors (Lipinski definition) is 4. The Morgan fingerprint density at radius 3 is 2.82 bits per heavy atom. The minimum absolute atomic E-state index is 0.280. The molecule has 0 bridgehead atoms. The lowest BCUT2D eigenvalue weighted by Gasteiger charge is -2.19. The predicted octanol–water partition coefficient (Wildman–Crippen LogP) is 2.03. The van der Waals surface area contributed by atoms with Gasteiger partial charge in [-0.1, -0.05) is 6.07 Å². The van der Waals surface area contributed by atoms with Gasteiger partial charge in [-0.3, -0.25) is 9.78 Å². The molecule has 0 N–H and O–H groups in total. The van der Waals surface area contributed by atoms with Gasteiger partial charge in [0.25, 0.3) is 0 Å². The van der Waals surface area contributed by atoms with Crippen LogP contribution in [0, 0.1) is 23.7 Å². The third-order valence-electron chi connectivity index (χ3n) is 2.46. The summed E-state index contributed by atoms with van der Waals surface area (Å²) >= 11 is 0. The van der Waals surface area contributed by atoms with Crippen molar-refractivity contribution in [3.8, 4) is 6.07 Å². The molecule has 0 aliphatic carbocycles. The van der Waals surface area contributed by atoms with Gasteiger partial charge in [-0.25, -0.2) is 0 Å². The van der Waals surface area contributed by atoms with E-state index in [2.05, 4.69) is 4.98 Å². The van der Waals surface area contributed by atoms with Crippen molar-refractivity contribution in [3.05, 3.63) is 29.6 Å². The molecule has 0 amide bonds. The fourth-order valence-electron chi connectivity index (χ4n) is 1.57. The van der Waals surface area contributed by atoms with E-state index >= 15 is 0 Å². The zero-order chi connectivity index (χ0) is 12.9. The molecule has 1 aromatic heterocycles. The molecular weight excluding hydrogens is 216 g/mol. The number of carbonyl (C=O) groups excluding carboxylic acids is 1. The van der Waals surface area contributed by atoms with Crippen molar-refractivity contribution in [2.45, 2.75) is 27.2 Å². The topological polar surface area (TPSA) is 63.0 Å². The minimum atomic E-state index is -1.15. The molecule has 4 nitrogen and oxygen atoms in total. The lowest BCUT2D eigenvalue weighted by atomic mass is 9.85. The maximum absolute atomic E-state index is 11.7. The van der Waals surface area contributed by atoms with Crippen LogP contribution in [0.2, 0.25) is 0 Å². The third kappa shape index (κ3) is 3.28. The summed E-state index contributed by atoms with van der Waals surface area (Å²) in [6.45, 7) is 5.52. The number of nitriles is 1. The van der Waals surface area contributed by atoms with Crippen molar-refractivity contribution in [1.82, 2.24) is 4.98 Å². The zero-order valence-electron chi connectivity index (χ0n) is 10.4. The first-order valence-corrected chi connectivity index (χ1v) is 5.51. The number of aryl methyl sites for hydroxylation is 1. The number of aromatic nitrogens is 1. The van der Waals surface area contributed by atoms with Crippen LogP contribution >= 0.6 is 0 Å². The van der Waals surface area contributed by atoms with Gasteiger partial charge in [0.15, 0.2) is 5.41 Å². The van der Waals surface area contributed by atoms with Crippen molar-refractivity contribution in [2.75, 3.05) is 6.61 Å². The van der Waals surface area contributed by atoms with Gasteiger partial charge < -0.3 is 4.74 Å². The number of esters is 1. The van der Waals surface area contributed by atoms with Crippen molar-refractivity contribution in [1.29, 1.82) is 5.26 Å². The van der Waals surface area contributed by atoms with Crippen LogP contribution in [0.1, 0.15) is 25.0 Å². The lowest BCUT2D eigenvalue weighted by Crippen LogP contribution is -2.30. The molecule has 0 fully saturated rings. The predicted molar refractivity (Wildman–Crippen MR) is 63.0 cm³/mol. The van der Waals surface area contributed by atoms with E-state index in [1.165, 1.54) is 0 Å². The lowest BCUT2D eigenvalue weighted by molar-refractivity contribution is -0.151. The first-order valence-electron chi connectivity index (χ1n) is 5.51. The van der Waals surface area contributed by atoms with Crippen molar-refractivity contribution in [2.24, 2.45) is 5.41 Å². The molecule has 0 aromatic carbocycles. The second-order valence-electron chi connectivity index (χ2n) is 4.21. The summed E-state index contributed by atoms with van der Waals surface area (Å²) in [4.78, 5) is 15.8. The highest BCUT2D eigenvalue weighted by Gasteiger charge is 2.35. The number of carbonyl (C=O) groups is 1. The third-order valence-corrected chi connectivity index (χ3v) is 2.46. The molecule has 17 heavy (non-hydrogen) atoms. The Bertz CT molecular complexity index is 451. The van der Waals surface area contributed by atoms with Crippen LogP contribution in [0.4, 0.5) is 0 Å². The van der Waals surface area contributed by atoms with E-state index in [1.54, 1.807) is 26.2 Å². The summed E-state index contributed by atoms with van der Waals surface area (Å²) in [7, 11) is 0. The number of nitrogens with zero attached hydrogens (tertiary/aromatic N) is 2. The van der Waals surface area contributed by atoms with E-state index in [4.69, 9.17) is 10.00 Å². The van der Waals surface area contributed by atoms with Crippen LogP contribution in [0.3, 0.4) is 0 Å². The molecule has 1 unspecified atom stereocenters. The zero-order valence-corrected chi connectivity index (χ0v) is 10.4. The quantitative estimate of drug-likeness (QED) is 0.745. The van der Waals surface area contributed by atoms with Crippen LogP contribution in [-0.4, -0.2) is 17.6 Å². The summed E-state index contributed by atoms with van der Waals surface area (Å²) < 4.78 is 4.92. The molecule has 1 atom stereocenters. The highest BCUT2D eigenvalue weighted by molar-refractivity contribution is 5.79. The van der Waals surface area contributed by atoms with Crippen LogP contribution in [0.5, 0.6) is 0 Å². The Hall–Kier alpha value is -1.89. The molecule has 0 saturated heterocycles. The van der Waals surface area contributed by atoms with E-state index in [-0.39, 0.29) is 6.61 Å². The SMILES string of the molecule is CCOC(=O)C(C)(C#N)Cc1cncc(C)c1. The summed E-state index contributed by atoms with van der Waals surface area (Å²) in [6, 6.07) is 3.95. The van der Waals surface area contributed by atoms with Gasteiger partial charge in [0.05, 0.1) is 12.7 Å². The number of pyridine rings is 1. The molecule has 1 aromatic rings. The largest absolute Gasteiger partial charge is 0.465 e. The number of ether oxygens (including phenoxy) is 1. The molecule has 0 aliphatic heterocycles. The van der Waals surface area contributed by atoms with Crippen molar-refractivity contribution < 1.29 is 9.53 Å². The van der Waals surface area contributed by atoms with Gasteiger partial charge in [0, 0.05) is 18.8 Å². The van der Waals surface area contributed by atoms with E-state index in [1.807, 2.05) is 19.1 Å². The summed E-state index contributed by atoms with van der Waals surface area (Å²) in [5.74, 6) is -0.482.